The van der Waals surface area contributed by atoms with Crippen molar-refractivity contribution in [3.8, 4) is 11.4 Å². The summed E-state index contributed by atoms with van der Waals surface area (Å²) in [5.41, 5.74) is 5.10. The monoisotopic (exact) mass is 642 g/mol. The number of halogens is 2. The Morgan fingerprint density at radius 3 is 2.41 bits per heavy atom. The number of anilines is 2. The zero-order valence-electron chi connectivity index (χ0n) is 22.2. The fourth-order valence-electron chi connectivity index (χ4n) is 4.03. The Labute approximate surface area is 259 Å². The number of nitrogens with one attached hydrogen (secondary N) is 2. The molecule has 0 radical (unpaired) electrons. The van der Waals surface area contributed by atoms with Gasteiger partial charge in [0.1, 0.15) is 0 Å². The molecule has 0 bridgehead atoms. The lowest BCUT2D eigenvalue weighted by atomic mass is 10.1. The molecule has 0 aliphatic rings. The molecule has 2 N–H and O–H groups in total. The minimum absolute atomic E-state index is 0.0802. The molecule has 2 amide bonds. The van der Waals surface area contributed by atoms with Crippen molar-refractivity contribution in [1.29, 1.82) is 0 Å². The van der Waals surface area contributed by atoms with Gasteiger partial charge < -0.3 is 15.2 Å². The van der Waals surface area contributed by atoms with Crippen LogP contribution in [-0.4, -0.2) is 43.1 Å². The summed E-state index contributed by atoms with van der Waals surface area (Å²) in [6.45, 7) is 3.95. The number of amides is 2. The van der Waals surface area contributed by atoms with Crippen molar-refractivity contribution in [3.63, 3.8) is 0 Å². The maximum absolute atomic E-state index is 12.7. The van der Waals surface area contributed by atoms with Gasteiger partial charge >= 0.3 is 0 Å². The number of para-hydroxylation sites is 1. The molecule has 210 valence electrons. The largest absolute Gasteiger partial charge is 0.325 e. The van der Waals surface area contributed by atoms with E-state index in [0.29, 0.717) is 32.3 Å². The normalized spacial score (nSPS) is 11.1. The number of carbonyl (C=O) groups excluding carboxylic acids is 2. The molecule has 3 aromatic carbocycles. The number of hydrogen-bond donors (Lipinski definition) is 2. The van der Waals surface area contributed by atoms with E-state index in [4.69, 9.17) is 23.2 Å². The number of nitrogens with zero attached hydrogens (tertiary/aromatic N) is 4. The summed E-state index contributed by atoms with van der Waals surface area (Å²) < 4.78 is 3.50. The summed E-state index contributed by atoms with van der Waals surface area (Å²) in [5.74, 6) is 0.732. The van der Waals surface area contributed by atoms with Crippen LogP contribution in [0.25, 0.3) is 21.6 Å². The Balaban J connectivity index is 1.16. The summed E-state index contributed by atoms with van der Waals surface area (Å²) in [6.07, 6.45) is 0. The number of rotatable bonds is 9. The molecule has 0 atom stereocenters. The van der Waals surface area contributed by atoms with E-state index in [1.807, 2.05) is 57.3 Å². The van der Waals surface area contributed by atoms with E-state index in [1.54, 1.807) is 22.8 Å². The van der Waals surface area contributed by atoms with Crippen molar-refractivity contribution >= 4 is 91.5 Å². The molecule has 41 heavy (non-hydrogen) atoms. The molecular weight excluding hydrogens is 619 g/mol. The van der Waals surface area contributed by atoms with Crippen LogP contribution in [-0.2, 0) is 16.6 Å². The van der Waals surface area contributed by atoms with Crippen LogP contribution in [0, 0.1) is 13.8 Å². The van der Waals surface area contributed by atoms with Crippen LogP contribution in [0.3, 0.4) is 0 Å². The van der Waals surface area contributed by atoms with E-state index < -0.39 is 0 Å². The number of thiazole rings is 1. The van der Waals surface area contributed by atoms with Crippen molar-refractivity contribution in [2.24, 2.45) is 7.05 Å². The van der Waals surface area contributed by atoms with Gasteiger partial charge in [0, 0.05) is 29.0 Å². The van der Waals surface area contributed by atoms with Gasteiger partial charge in [-0.05, 0) is 61.4 Å². The van der Waals surface area contributed by atoms with Crippen LogP contribution < -0.4 is 10.6 Å². The Morgan fingerprint density at radius 2 is 1.66 bits per heavy atom. The molecule has 0 aliphatic carbocycles. The number of hydrogen-bond acceptors (Lipinski definition) is 8. The van der Waals surface area contributed by atoms with Gasteiger partial charge in [0.2, 0.25) is 11.8 Å². The molecule has 5 aromatic rings. The topological polar surface area (TPSA) is 102 Å². The molecule has 5 rings (SSSR count). The highest BCUT2D eigenvalue weighted by atomic mass is 35.5. The van der Waals surface area contributed by atoms with Crippen molar-refractivity contribution in [2.45, 2.75) is 23.3 Å². The average Bonchev–Trinajstić information content (AvgIpc) is 3.51. The van der Waals surface area contributed by atoms with Crippen molar-refractivity contribution in [2.75, 3.05) is 22.1 Å². The Kier molecular flexibility index (Phi) is 9.20. The number of carbonyl (C=O) groups is 2. The van der Waals surface area contributed by atoms with E-state index in [1.165, 1.54) is 34.9 Å². The third kappa shape index (κ3) is 7.04. The van der Waals surface area contributed by atoms with Crippen molar-refractivity contribution in [3.05, 3.63) is 75.8 Å². The second-order valence-corrected chi connectivity index (χ2v) is 13.1. The zero-order valence-corrected chi connectivity index (χ0v) is 26.2. The maximum atomic E-state index is 12.7. The van der Waals surface area contributed by atoms with Crippen LogP contribution in [0.1, 0.15) is 11.1 Å². The SMILES string of the molecule is Cc1cccc(C)c1NC(=O)CSc1nc2ccc(NC(=O)CSc3nnc(-c4ccc(Cl)cc4Cl)n3C)cc2s1. The van der Waals surface area contributed by atoms with Gasteiger partial charge in [-0.25, -0.2) is 4.98 Å². The Morgan fingerprint density at radius 1 is 0.927 bits per heavy atom. The molecule has 0 saturated heterocycles. The lowest BCUT2D eigenvalue weighted by Gasteiger charge is -2.10. The van der Waals surface area contributed by atoms with Crippen molar-refractivity contribution < 1.29 is 9.59 Å². The van der Waals surface area contributed by atoms with E-state index in [2.05, 4.69) is 25.8 Å². The number of fused-ring (bicyclic) bond motifs is 1. The van der Waals surface area contributed by atoms with Crippen LogP contribution in [0.4, 0.5) is 11.4 Å². The van der Waals surface area contributed by atoms with Gasteiger partial charge in [-0.3, -0.25) is 9.59 Å². The van der Waals surface area contributed by atoms with Gasteiger partial charge in [-0.2, -0.15) is 0 Å². The summed E-state index contributed by atoms with van der Waals surface area (Å²) in [7, 11) is 1.82. The zero-order chi connectivity index (χ0) is 29.1. The number of benzene rings is 3. The second-order valence-electron chi connectivity index (χ2n) is 9.09. The summed E-state index contributed by atoms with van der Waals surface area (Å²) in [6, 6.07) is 16.7. The van der Waals surface area contributed by atoms with Crippen LogP contribution in [0.2, 0.25) is 10.0 Å². The van der Waals surface area contributed by atoms with E-state index in [-0.39, 0.29) is 23.3 Å². The van der Waals surface area contributed by atoms with Crippen LogP contribution in [0.15, 0.2) is 64.1 Å². The standard InChI is InChI=1S/C28H24Cl2N6O2S3/c1-15-5-4-6-16(2)25(15)33-24(38)14-40-28-32-21-10-8-18(12-22(21)41-28)31-23(37)13-39-27-35-34-26(36(27)3)19-9-7-17(29)11-20(19)30/h4-12H,13-14H2,1-3H3,(H,31,37)(H,33,38). The molecule has 0 aliphatic heterocycles. The molecule has 0 spiro atoms. The quantitative estimate of drug-likeness (QED) is 0.161. The minimum atomic E-state index is -0.175. The first-order chi connectivity index (χ1) is 19.7. The highest BCUT2D eigenvalue weighted by Crippen LogP contribution is 2.33. The minimum Gasteiger partial charge on any atom is -0.325 e. The first-order valence-corrected chi connectivity index (χ1v) is 15.9. The number of aromatic nitrogens is 4. The number of aryl methyl sites for hydroxylation is 2. The Bertz CT molecular complexity index is 1750. The van der Waals surface area contributed by atoms with E-state index in [9.17, 15) is 9.59 Å². The smallest absolute Gasteiger partial charge is 0.234 e. The van der Waals surface area contributed by atoms with E-state index >= 15 is 0 Å². The molecule has 8 nitrogen and oxygen atoms in total. The lowest BCUT2D eigenvalue weighted by Crippen LogP contribution is -2.15. The maximum Gasteiger partial charge on any atom is 0.234 e. The van der Waals surface area contributed by atoms with E-state index in [0.717, 1.165) is 31.4 Å². The fraction of sp³-hybridized carbons (Fsp3) is 0.179. The van der Waals surface area contributed by atoms with Gasteiger partial charge in [-0.15, -0.1) is 21.5 Å². The van der Waals surface area contributed by atoms with Gasteiger partial charge in [0.05, 0.1) is 26.7 Å². The highest BCUT2D eigenvalue weighted by molar-refractivity contribution is 8.01. The van der Waals surface area contributed by atoms with Crippen LogP contribution in [0.5, 0.6) is 0 Å². The predicted molar refractivity (Wildman–Crippen MR) is 171 cm³/mol. The highest BCUT2D eigenvalue weighted by Gasteiger charge is 2.16. The molecule has 2 heterocycles. The third-order valence-electron chi connectivity index (χ3n) is 6.06. The average molecular weight is 644 g/mol. The summed E-state index contributed by atoms with van der Waals surface area (Å²) >= 11 is 16.5. The lowest BCUT2D eigenvalue weighted by molar-refractivity contribution is -0.114. The summed E-state index contributed by atoms with van der Waals surface area (Å²) in [4.78, 5) is 29.9. The fourth-order valence-corrected chi connectivity index (χ4v) is 7.14. The summed E-state index contributed by atoms with van der Waals surface area (Å²) in [5, 5.41) is 16.0. The first-order valence-electron chi connectivity index (χ1n) is 12.3. The Hall–Kier alpha value is -3.09. The van der Waals surface area contributed by atoms with Gasteiger partial charge in [-0.1, -0.05) is 64.9 Å². The molecule has 13 heteroatoms. The molecule has 0 unspecified atom stereocenters. The molecule has 0 fully saturated rings. The van der Waals surface area contributed by atoms with Gasteiger partial charge in [0.15, 0.2) is 15.3 Å². The molecular formula is C28H24Cl2N6O2S3. The van der Waals surface area contributed by atoms with Crippen molar-refractivity contribution in [1.82, 2.24) is 19.7 Å². The molecule has 0 saturated carbocycles. The van der Waals surface area contributed by atoms with Crippen LogP contribution >= 0.6 is 58.1 Å². The van der Waals surface area contributed by atoms with Gasteiger partial charge in [0.25, 0.3) is 0 Å². The predicted octanol–water partition coefficient (Wildman–Crippen LogP) is 7.48. The molecule has 2 aromatic heterocycles. The number of thioether (sulfide) groups is 2. The second kappa shape index (κ2) is 12.8. The third-order valence-corrected chi connectivity index (χ3v) is 9.79. The first kappa shape index (κ1) is 29.4.